The Hall–Kier alpha value is -0.580. The van der Waals surface area contributed by atoms with Crippen molar-refractivity contribution in [2.75, 3.05) is 0 Å². The van der Waals surface area contributed by atoms with Gasteiger partial charge in [-0.2, -0.15) is 25.6 Å². The van der Waals surface area contributed by atoms with Gasteiger partial charge in [-0.15, -0.1) is 0 Å². The lowest BCUT2D eigenvalue weighted by Gasteiger charge is -2.06. The maximum atomic E-state index is 12.1. The van der Waals surface area contributed by atoms with Gasteiger partial charge in [-0.25, -0.2) is 0 Å². The molecule has 0 aliphatic rings. The Morgan fingerprint density at radius 1 is 0.613 bits per heavy atom. The maximum absolute atomic E-state index is 12.1. The summed E-state index contributed by atoms with van der Waals surface area (Å²) in [6.45, 7) is 0. The molecule has 0 radical (unpaired) electrons. The van der Waals surface area contributed by atoms with Crippen LogP contribution in [-0.2, 0) is 26.5 Å². The number of alkyl halides is 6. The Balaban J connectivity index is 2.14. The van der Waals surface area contributed by atoms with E-state index in [0.29, 0.717) is 18.9 Å². The molecule has 168 valence electrons. The van der Waals surface area contributed by atoms with Crippen molar-refractivity contribution in [1.82, 2.24) is 0 Å². The van der Waals surface area contributed by atoms with Crippen molar-refractivity contribution in [3.63, 3.8) is 0 Å². The number of hydrogen-bond acceptors (Lipinski definition) is 4. The summed E-state index contributed by atoms with van der Waals surface area (Å²) in [6, 6.07) is 11.8. The second kappa shape index (κ2) is 10.1. The smallest absolute Gasteiger partial charge is 0.199 e. The third-order valence-electron chi connectivity index (χ3n) is 3.53. The quantitative estimate of drug-likeness (QED) is 0.329. The normalized spacial score (nSPS) is 13.9. The molecule has 0 fully saturated rings. The molecule has 31 heavy (non-hydrogen) atoms. The zero-order chi connectivity index (χ0) is 23.5. The van der Waals surface area contributed by atoms with Crippen molar-refractivity contribution in [3.05, 3.63) is 59.7 Å². The molecule has 0 aliphatic heterocycles. The number of halogens is 6. The van der Waals surface area contributed by atoms with Crippen LogP contribution in [-0.4, -0.2) is 36.8 Å². The van der Waals surface area contributed by atoms with Crippen LogP contribution >= 0.6 is 69.6 Å². The molecular formula is C17H12Cl6N2O4S2. The molecule has 0 heterocycles. The number of hydrogen-bond donors (Lipinski definition) is 0. The average Bonchev–Trinajstić information content (AvgIpc) is 2.65. The topological polar surface area (TPSA) is 93.0 Å². The highest BCUT2D eigenvalue weighted by atomic mass is 35.6. The van der Waals surface area contributed by atoms with Crippen LogP contribution < -0.4 is 0 Å². The van der Waals surface area contributed by atoms with Gasteiger partial charge in [0.2, 0.25) is 7.59 Å². The minimum atomic E-state index is -4.01. The molecule has 0 amide bonds. The molecule has 0 saturated carbocycles. The predicted molar refractivity (Wildman–Crippen MR) is 128 cm³/mol. The first kappa shape index (κ1) is 26.7. The third-order valence-corrected chi connectivity index (χ3v) is 6.61. The van der Waals surface area contributed by atoms with E-state index >= 15 is 0 Å². The molecule has 2 aromatic rings. The van der Waals surface area contributed by atoms with Crippen molar-refractivity contribution >= 4 is 102 Å². The van der Waals surface area contributed by atoms with Gasteiger partial charge in [-0.1, -0.05) is 93.9 Å². The Kier molecular flexibility index (Phi) is 8.72. The minimum absolute atomic E-state index is 0.0741. The fourth-order valence-corrected chi connectivity index (χ4v) is 4.61. The Labute approximate surface area is 209 Å². The fraction of sp³-hybridized carbons (Fsp3) is 0.176. The van der Waals surface area contributed by atoms with Gasteiger partial charge in [0.15, 0.2) is 0 Å². The van der Waals surface area contributed by atoms with E-state index in [2.05, 4.69) is 8.80 Å². The first-order valence-corrected chi connectivity index (χ1v) is 13.2. The summed E-state index contributed by atoms with van der Waals surface area (Å²) in [5.41, 5.74) is 1.54. The molecule has 6 nitrogen and oxygen atoms in total. The van der Waals surface area contributed by atoms with Gasteiger partial charge in [-0.05, 0) is 41.8 Å². The van der Waals surface area contributed by atoms with E-state index in [0.717, 1.165) is 11.1 Å². The minimum Gasteiger partial charge on any atom is -0.199 e. The molecule has 0 aromatic heterocycles. The van der Waals surface area contributed by atoms with Gasteiger partial charge in [-0.3, -0.25) is 0 Å². The number of nitrogens with zero attached hydrogens (tertiary/aromatic N) is 2. The standard InChI is InChI=1S/C17H12Cl6N2O4S2/c18-16(19,20)10-24-30(26,27)14-5-1-12(2-6-14)9-13-3-7-15(8-4-13)31(28,29)25-11-17(21,22)23/h1-8,10-11H,9H2. The highest BCUT2D eigenvalue weighted by Gasteiger charge is 2.20. The van der Waals surface area contributed by atoms with Crippen LogP contribution in [0.3, 0.4) is 0 Å². The summed E-state index contributed by atoms with van der Waals surface area (Å²) in [5, 5.41) is 0. The van der Waals surface area contributed by atoms with E-state index in [9.17, 15) is 16.8 Å². The number of rotatable bonds is 6. The monoisotopic (exact) mass is 582 g/mol. The summed E-state index contributed by atoms with van der Waals surface area (Å²) >= 11 is 32.8. The third kappa shape index (κ3) is 9.06. The van der Waals surface area contributed by atoms with E-state index in [-0.39, 0.29) is 9.79 Å². The van der Waals surface area contributed by atoms with E-state index in [1.54, 1.807) is 24.3 Å². The molecule has 0 spiro atoms. The molecule has 0 saturated heterocycles. The summed E-state index contributed by atoms with van der Waals surface area (Å²) in [6.07, 6.45) is 1.82. The van der Waals surface area contributed by atoms with Crippen LogP contribution in [0.1, 0.15) is 11.1 Å². The highest BCUT2D eigenvalue weighted by molar-refractivity contribution is 7.90. The second-order valence-corrected chi connectivity index (χ2v) is 14.0. The van der Waals surface area contributed by atoms with Crippen LogP contribution in [0.25, 0.3) is 0 Å². The lowest BCUT2D eigenvalue weighted by Crippen LogP contribution is -2.07. The van der Waals surface area contributed by atoms with Gasteiger partial charge in [0, 0.05) is 0 Å². The molecule has 0 unspecified atom stereocenters. The SMILES string of the molecule is O=S(=O)(N=CC(Cl)(Cl)Cl)c1ccc(Cc2ccc(S(=O)(=O)N=CC(Cl)(Cl)Cl)cc2)cc1. The summed E-state index contributed by atoms with van der Waals surface area (Å²) < 4.78 is 51.3. The van der Waals surface area contributed by atoms with Crippen molar-refractivity contribution in [1.29, 1.82) is 0 Å². The predicted octanol–water partition coefficient (Wildman–Crippen LogP) is 5.54. The molecular weight excluding hydrogens is 573 g/mol. The first-order valence-electron chi connectivity index (χ1n) is 8.02. The Morgan fingerprint density at radius 3 is 1.16 bits per heavy atom. The highest BCUT2D eigenvalue weighted by Crippen LogP contribution is 2.25. The van der Waals surface area contributed by atoms with Gasteiger partial charge in [0.05, 0.1) is 22.2 Å². The van der Waals surface area contributed by atoms with Gasteiger partial charge < -0.3 is 0 Å². The lowest BCUT2D eigenvalue weighted by atomic mass is 10.1. The van der Waals surface area contributed by atoms with Crippen molar-refractivity contribution in [2.45, 2.75) is 23.8 Å². The maximum Gasteiger partial charge on any atom is 0.282 e. The second-order valence-electron chi connectivity index (χ2n) is 5.97. The number of sulfonamides is 2. The van der Waals surface area contributed by atoms with Gasteiger partial charge in [0.1, 0.15) is 0 Å². The fourth-order valence-electron chi connectivity index (χ4n) is 2.17. The summed E-state index contributed by atoms with van der Waals surface area (Å²) in [4.78, 5) is -0.148. The largest absolute Gasteiger partial charge is 0.282 e. The van der Waals surface area contributed by atoms with Crippen LogP contribution in [0.5, 0.6) is 0 Å². The van der Waals surface area contributed by atoms with Crippen LogP contribution in [0.15, 0.2) is 67.1 Å². The van der Waals surface area contributed by atoms with E-state index in [1.807, 2.05) is 0 Å². The molecule has 2 rings (SSSR count). The zero-order valence-electron chi connectivity index (χ0n) is 15.1. The van der Waals surface area contributed by atoms with Crippen molar-refractivity contribution in [2.24, 2.45) is 8.80 Å². The Bertz CT molecular complexity index is 1090. The first-order chi connectivity index (χ1) is 14.1. The lowest BCUT2D eigenvalue weighted by molar-refractivity contribution is 0.596. The molecule has 0 atom stereocenters. The molecule has 2 aromatic carbocycles. The van der Waals surface area contributed by atoms with Gasteiger partial charge in [0.25, 0.3) is 20.0 Å². The zero-order valence-corrected chi connectivity index (χ0v) is 21.3. The molecule has 0 N–H and O–H groups in total. The molecule has 0 aliphatic carbocycles. The Morgan fingerprint density at radius 2 is 0.903 bits per heavy atom. The van der Waals surface area contributed by atoms with E-state index in [4.69, 9.17) is 69.6 Å². The summed E-state index contributed by atoms with van der Waals surface area (Å²) in [5.74, 6) is 0. The summed E-state index contributed by atoms with van der Waals surface area (Å²) in [7, 11) is -8.03. The average molecular weight is 585 g/mol. The number of benzene rings is 2. The van der Waals surface area contributed by atoms with E-state index in [1.165, 1.54) is 24.3 Å². The molecule has 0 bridgehead atoms. The van der Waals surface area contributed by atoms with Gasteiger partial charge >= 0.3 is 0 Å². The van der Waals surface area contributed by atoms with Crippen LogP contribution in [0.4, 0.5) is 0 Å². The van der Waals surface area contributed by atoms with Crippen molar-refractivity contribution < 1.29 is 16.8 Å². The van der Waals surface area contributed by atoms with E-state index < -0.39 is 27.6 Å². The molecule has 14 heteroatoms. The van der Waals surface area contributed by atoms with Crippen LogP contribution in [0, 0.1) is 0 Å². The van der Waals surface area contributed by atoms with Crippen molar-refractivity contribution in [3.8, 4) is 0 Å². The van der Waals surface area contributed by atoms with Crippen LogP contribution in [0.2, 0.25) is 0 Å².